The lowest BCUT2D eigenvalue weighted by Gasteiger charge is -2.34. The molecule has 4 atom stereocenters. The SMILES string of the molecule is O=C1[C@@H]2[C@H](C(=O)N1Cc1cccs1)[C@]1(Cl)C(Cl)=C(Cl)[C@@]2(Cl)C1(Cl)Cl. The van der Waals surface area contributed by atoms with Crippen LogP contribution in [0.5, 0.6) is 0 Å². The fourth-order valence-corrected chi connectivity index (χ4v) is 7.39. The Morgan fingerprint density at radius 2 is 1.50 bits per heavy atom. The van der Waals surface area contributed by atoms with Gasteiger partial charge in [0.15, 0.2) is 4.33 Å². The summed E-state index contributed by atoms with van der Waals surface area (Å²) < 4.78 is -1.88. The number of hydrogen-bond donors (Lipinski definition) is 0. The van der Waals surface area contributed by atoms with Gasteiger partial charge in [-0.05, 0) is 11.4 Å². The van der Waals surface area contributed by atoms with E-state index in [1.165, 1.54) is 11.3 Å². The third kappa shape index (κ3) is 1.70. The maximum Gasteiger partial charge on any atom is 0.235 e. The number of hydrogen-bond acceptors (Lipinski definition) is 3. The third-order valence-electron chi connectivity index (χ3n) is 4.89. The first-order chi connectivity index (χ1) is 11.1. The first kappa shape index (κ1) is 17.7. The van der Waals surface area contributed by atoms with Crippen molar-refractivity contribution >= 4 is 92.8 Å². The van der Waals surface area contributed by atoms with Crippen molar-refractivity contribution < 1.29 is 9.59 Å². The molecule has 0 radical (unpaired) electrons. The van der Waals surface area contributed by atoms with Crippen LogP contribution in [-0.2, 0) is 16.1 Å². The number of carbonyl (C=O) groups is 2. The molecule has 1 saturated heterocycles. The number of carbonyl (C=O) groups excluding carboxylic acids is 2. The van der Waals surface area contributed by atoms with Gasteiger partial charge in [-0.25, -0.2) is 0 Å². The summed E-state index contributed by atoms with van der Waals surface area (Å²) in [4.78, 5) is 24.4. The average molecular weight is 466 g/mol. The quantitative estimate of drug-likeness (QED) is 0.469. The van der Waals surface area contributed by atoms with Crippen LogP contribution in [0, 0.1) is 11.8 Å². The predicted molar refractivity (Wildman–Crippen MR) is 97.2 cm³/mol. The molecule has 2 bridgehead atoms. The van der Waals surface area contributed by atoms with Gasteiger partial charge in [0.05, 0.1) is 28.4 Å². The number of nitrogens with zero attached hydrogens (tertiary/aromatic N) is 1. The van der Waals surface area contributed by atoms with Crippen molar-refractivity contribution in [3.05, 3.63) is 32.5 Å². The zero-order chi connectivity index (χ0) is 17.7. The molecule has 2 heterocycles. The summed E-state index contributed by atoms with van der Waals surface area (Å²) in [6, 6.07) is 3.66. The number of amides is 2. The minimum atomic E-state index is -1.88. The van der Waals surface area contributed by atoms with E-state index in [2.05, 4.69) is 0 Å². The summed E-state index contributed by atoms with van der Waals surface area (Å²) in [6.45, 7) is 0.134. The molecular weight excluding hydrogens is 459 g/mol. The molecule has 3 aliphatic rings. The van der Waals surface area contributed by atoms with E-state index in [4.69, 9.17) is 69.6 Å². The Morgan fingerprint density at radius 1 is 1.00 bits per heavy atom. The van der Waals surface area contributed by atoms with Gasteiger partial charge in [0.2, 0.25) is 11.8 Å². The normalized spacial score (nSPS) is 40.0. The van der Waals surface area contributed by atoms with Crippen molar-refractivity contribution in [1.82, 2.24) is 4.90 Å². The molecular formula is C14H7Cl6NO2S. The Labute approximate surface area is 171 Å². The highest BCUT2D eigenvalue weighted by atomic mass is 35.5. The highest BCUT2D eigenvalue weighted by molar-refractivity contribution is 7.09. The summed E-state index contributed by atoms with van der Waals surface area (Å²) in [7, 11) is 0. The number of halogens is 6. The van der Waals surface area contributed by atoms with Crippen LogP contribution in [0.15, 0.2) is 27.6 Å². The smallest absolute Gasteiger partial charge is 0.235 e. The Bertz CT molecular complexity index is 762. The van der Waals surface area contributed by atoms with Gasteiger partial charge in [-0.2, -0.15) is 0 Å². The van der Waals surface area contributed by atoms with E-state index in [1.54, 1.807) is 0 Å². The van der Waals surface area contributed by atoms with Gasteiger partial charge in [-0.1, -0.05) is 52.5 Å². The second-order valence-corrected chi connectivity index (χ2v) is 10.2. The first-order valence-corrected chi connectivity index (χ1v) is 9.94. The fraction of sp³-hybridized carbons (Fsp3) is 0.429. The molecule has 2 aliphatic carbocycles. The van der Waals surface area contributed by atoms with Crippen LogP contribution >= 0.6 is 80.9 Å². The van der Waals surface area contributed by atoms with Crippen LogP contribution in [-0.4, -0.2) is 30.8 Å². The highest BCUT2D eigenvalue weighted by Gasteiger charge is 2.87. The van der Waals surface area contributed by atoms with Gasteiger partial charge in [-0.3, -0.25) is 14.5 Å². The van der Waals surface area contributed by atoms with Crippen LogP contribution < -0.4 is 0 Å². The zero-order valence-corrected chi connectivity index (χ0v) is 16.9. The maximum atomic E-state index is 12.9. The van der Waals surface area contributed by atoms with Crippen molar-refractivity contribution in [2.24, 2.45) is 11.8 Å². The second-order valence-electron chi connectivity index (χ2n) is 5.92. The number of allylic oxidation sites excluding steroid dienone is 2. The Morgan fingerprint density at radius 3 is 1.92 bits per heavy atom. The second kappa shape index (κ2) is 5.19. The molecule has 2 amide bonds. The third-order valence-corrected chi connectivity index (χ3v) is 10.0. The molecule has 4 rings (SSSR count). The fourth-order valence-electron chi connectivity index (χ4n) is 3.77. The van der Waals surface area contributed by atoms with Gasteiger partial charge in [0.25, 0.3) is 0 Å². The van der Waals surface area contributed by atoms with Crippen molar-refractivity contribution in [3.63, 3.8) is 0 Å². The van der Waals surface area contributed by atoms with Crippen LogP contribution in [0.2, 0.25) is 0 Å². The topological polar surface area (TPSA) is 37.4 Å². The molecule has 1 aliphatic heterocycles. The molecule has 10 heteroatoms. The molecule has 24 heavy (non-hydrogen) atoms. The summed E-state index contributed by atoms with van der Waals surface area (Å²) >= 11 is 39.9. The van der Waals surface area contributed by atoms with E-state index in [-0.39, 0.29) is 16.6 Å². The van der Waals surface area contributed by atoms with Gasteiger partial charge in [0.1, 0.15) is 9.75 Å². The number of rotatable bonds is 2. The van der Waals surface area contributed by atoms with Gasteiger partial charge in [0, 0.05) is 4.88 Å². The van der Waals surface area contributed by atoms with E-state index >= 15 is 0 Å². The summed E-state index contributed by atoms with van der Waals surface area (Å²) in [5.74, 6) is -3.11. The standard InChI is InChI=1S/C14H7Cl6NO2S/c15-8-9(16)13(18)7-6(12(8,17)14(13,19)20)10(22)21(11(7)23)4-5-2-1-3-24-5/h1-3,6-7H,4H2/t6-,7+,12+,13-. The molecule has 0 N–H and O–H groups in total. The molecule has 128 valence electrons. The molecule has 3 nitrogen and oxygen atoms in total. The van der Waals surface area contributed by atoms with Crippen LogP contribution in [0.3, 0.4) is 0 Å². The van der Waals surface area contributed by atoms with Crippen LogP contribution in [0.4, 0.5) is 0 Å². The van der Waals surface area contributed by atoms with Crippen LogP contribution in [0.1, 0.15) is 4.88 Å². The highest BCUT2D eigenvalue weighted by Crippen LogP contribution is 2.77. The van der Waals surface area contributed by atoms with Crippen molar-refractivity contribution in [2.45, 2.75) is 20.6 Å². The number of imide groups is 1. The predicted octanol–water partition coefficient (Wildman–Crippen LogP) is 4.69. The van der Waals surface area contributed by atoms with Gasteiger partial charge >= 0.3 is 0 Å². The number of alkyl halides is 4. The average Bonchev–Trinajstić information content (AvgIpc) is 3.17. The molecule has 0 aromatic carbocycles. The van der Waals surface area contributed by atoms with Gasteiger partial charge in [-0.15, -0.1) is 34.5 Å². The molecule has 0 unspecified atom stereocenters. The number of thiophene rings is 1. The minimum absolute atomic E-state index is 0.0776. The Kier molecular flexibility index (Phi) is 3.83. The van der Waals surface area contributed by atoms with Gasteiger partial charge < -0.3 is 0 Å². The lowest BCUT2D eigenvalue weighted by atomic mass is 9.84. The summed E-state index contributed by atoms with van der Waals surface area (Å²) in [5.41, 5.74) is 0. The zero-order valence-electron chi connectivity index (χ0n) is 11.5. The first-order valence-electron chi connectivity index (χ1n) is 6.79. The van der Waals surface area contributed by atoms with E-state index in [1.807, 2.05) is 17.5 Å². The maximum absolute atomic E-state index is 12.9. The lowest BCUT2D eigenvalue weighted by molar-refractivity contribution is -0.141. The van der Waals surface area contributed by atoms with Crippen LogP contribution in [0.25, 0.3) is 0 Å². The number of fused-ring (bicyclic) bond motifs is 5. The number of likely N-dealkylation sites (tertiary alicyclic amines) is 1. The molecule has 2 fully saturated rings. The Balaban J connectivity index is 1.84. The van der Waals surface area contributed by atoms with E-state index < -0.39 is 37.7 Å². The monoisotopic (exact) mass is 463 g/mol. The molecule has 0 spiro atoms. The minimum Gasteiger partial charge on any atom is -0.277 e. The molecule has 1 aromatic rings. The van der Waals surface area contributed by atoms with E-state index in [0.717, 1.165) is 9.78 Å². The van der Waals surface area contributed by atoms with Crippen molar-refractivity contribution in [2.75, 3.05) is 0 Å². The van der Waals surface area contributed by atoms with E-state index in [0.29, 0.717) is 0 Å². The molecule has 1 aromatic heterocycles. The Hall–Kier alpha value is 0.320. The van der Waals surface area contributed by atoms with E-state index in [9.17, 15) is 9.59 Å². The van der Waals surface area contributed by atoms with Crippen molar-refractivity contribution in [1.29, 1.82) is 0 Å². The summed E-state index contributed by atoms with van der Waals surface area (Å²) in [6.07, 6.45) is 0. The van der Waals surface area contributed by atoms with Crippen molar-refractivity contribution in [3.8, 4) is 0 Å². The summed E-state index contributed by atoms with van der Waals surface area (Å²) in [5, 5.41) is 1.70. The largest absolute Gasteiger partial charge is 0.277 e. The lowest BCUT2D eigenvalue weighted by Crippen LogP contribution is -2.49. The molecule has 1 saturated carbocycles.